The van der Waals surface area contributed by atoms with E-state index in [9.17, 15) is 13.2 Å². The van der Waals surface area contributed by atoms with Crippen LogP contribution in [0, 0.1) is 0 Å². The van der Waals surface area contributed by atoms with Gasteiger partial charge >= 0.3 is 6.18 Å². The predicted octanol–water partition coefficient (Wildman–Crippen LogP) is 6.38. The molecule has 0 spiro atoms. The number of hydrogen-bond donors (Lipinski definition) is 0. The molecule has 5 heteroatoms. The summed E-state index contributed by atoms with van der Waals surface area (Å²) in [6, 6.07) is 18.5. The van der Waals surface area contributed by atoms with Gasteiger partial charge in [0.2, 0.25) is 0 Å². The Morgan fingerprint density at radius 2 is 1.54 bits per heavy atom. The third-order valence-electron chi connectivity index (χ3n) is 4.44. The zero-order valence-corrected chi connectivity index (χ0v) is 14.3. The average molecular weight is 372 g/mol. The smallest absolute Gasteiger partial charge is 0.279 e. The lowest BCUT2D eigenvalue weighted by molar-refractivity contribution is -0.137. The minimum absolute atomic E-state index is 0.457. The van der Waals surface area contributed by atoms with Crippen LogP contribution in [0.1, 0.15) is 22.3 Å². The second-order valence-electron chi connectivity index (χ2n) is 6.09. The van der Waals surface area contributed by atoms with Crippen LogP contribution in [-0.4, -0.2) is 5.71 Å². The van der Waals surface area contributed by atoms with Gasteiger partial charge in [0.1, 0.15) is 0 Å². The fraction of sp³-hybridized carbons (Fsp3) is 0.0952. The van der Waals surface area contributed by atoms with Crippen LogP contribution >= 0.6 is 11.6 Å². The molecule has 0 saturated carbocycles. The van der Waals surface area contributed by atoms with Crippen molar-refractivity contribution in [3.8, 4) is 11.1 Å². The maximum atomic E-state index is 12.8. The Hall–Kier alpha value is -2.59. The quantitative estimate of drug-likeness (QED) is 0.471. The molecule has 0 aliphatic carbocycles. The van der Waals surface area contributed by atoms with Gasteiger partial charge in [0.25, 0.3) is 0 Å². The van der Waals surface area contributed by atoms with Crippen LogP contribution in [0.25, 0.3) is 11.1 Å². The zero-order valence-electron chi connectivity index (χ0n) is 13.5. The van der Waals surface area contributed by atoms with Crippen molar-refractivity contribution in [3.63, 3.8) is 0 Å². The molecule has 0 fully saturated rings. The van der Waals surface area contributed by atoms with Crippen molar-refractivity contribution in [1.29, 1.82) is 0 Å². The van der Waals surface area contributed by atoms with E-state index in [0.29, 0.717) is 22.8 Å². The molecule has 0 N–H and O–H groups in total. The normalized spacial score (nSPS) is 13.5. The third-order valence-corrected chi connectivity index (χ3v) is 4.67. The van der Waals surface area contributed by atoms with Crippen molar-refractivity contribution in [2.24, 2.45) is 4.99 Å². The minimum Gasteiger partial charge on any atom is -0.279 e. The first-order chi connectivity index (χ1) is 12.4. The first-order valence-corrected chi connectivity index (χ1v) is 8.41. The van der Waals surface area contributed by atoms with Crippen molar-refractivity contribution >= 4 is 17.3 Å². The van der Waals surface area contributed by atoms with E-state index in [1.807, 2.05) is 36.4 Å². The van der Waals surface area contributed by atoms with Crippen LogP contribution in [-0.2, 0) is 12.7 Å². The Bertz CT molecular complexity index is 1000. The van der Waals surface area contributed by atoms with E-state index in [4.69, 9.17) is 11.6 Å². The number of benzene rings is 3. The Kier molecular flexibility index (Phi) is 4.08. The summed E-state index contributed by atoms with van der Waals surface area (Å²) < 4.78 is 38.5. The second kappa shape index (κ2) is 6.29. The Morgan fingerprint density at radius 1 is 0.808 bits per heavy atom. The molecule has 1 aliphatic rings. The van der Waals surface area contributed by atoms with Gasteiger partial charge in [-0.3, -0.25) is 4.99 Å². The molecular formula is C21H13ClF3N. The molecule has 4 rings (SSSR count). The number of halogens is 4. The van der Waals surface area contributed by atoms with Crippen LogP contribution in [0.2, 0.25) is 5.02 Å². The standard InChI is InChI=1S/C21H13ClF3N/c22-16-9-10-18-19(11-16)17-4-2-1-3-14(17)12-26-20(18)13-5-7-15(8-6-13)21(23,24)25/h1-11H,12H2. The van der Waals surface area contributed by atoms with Gasteiger partial charge in [-0.25, -0.2) is 0 Å². The number of rotatable bonds is 1. The molecule has 130 valence electrons. The van der Waals surface area contributed by atoms with Crippen LogP contribution in [0.3, 0.4) is 0 Å². The van der Waals surface area contributed by atoms with Crippen molar-refractivity contribution in [3.05, 3.63) is 94.0 Å². The summed E-state index contributed by atoms with van der Waals surface area (Å²) in [7, 11) is 0. The van der Waals surface area contributed by atoms with Crippen LogP contribution in [0.15, 0.2) is 71.7 Å². The first-order valence-electron chi connectivity index (χ1n) is 8.04. The number of fused-ring (bicyclic) bond motifs is 3. The summed E-state index contributed by atoms with van der Waals surface area (Å²) >= 11 is 6.20. The molecule has 1 heterocycles. The highest BCUT2D eigenvalue weighted by Crippen LogP contribution is 2.35. The molecular weight excluding hydrogens is 359 g/mol. The Morgan fingerprint density at radius 3 is 2.27 bits per heavy atom. The van der Waals surface area contributed by atoms with E-state index in [1.165, 1.54) is 12.1 Å². The van der Waals surface area contributed by atoms with E-state index in [2.05, 4.69) is 4.99 Å². The second-order valence-corrected chi connectivity index (χ2v) is 6.52. The van der Waals surface area contributed by atoms with Gasteiger partial charge in [-0.1, -0.05) is 54.1 Å². The molecule has 0 unspecified atom stereocenters. The Labute approximate surface area is 153 Å². The lowest BCUT2D eigenvalue weighted by Crippen LogP contribution is -2.08. The fourth-order valence-electron chi connectivity index (χ4n) is 3.18. The van der Waals surface area contributed by atoms with E-state index in [0.717, 1.165) is 34.4 Å². The van der Waals surface area contributed by atoms with Crippen LogP contribution < -0.4 is 0 Å². The highest BCUT2D eigenvalue weighted by Gasteiger charge is 2.30. The molecule has 1 nitrogen and oxygen atoms in total. The van der Waals surface area contributed by atoms with Gasteiger partial charge in [0.15, 0.2) is 0 Å². The van der Waals surface area contributed by atoms with Crippen molar-refractivity contribution in [2.45, 2.75) is 12.7 Å². The van der Waals surface area contributed by atoms with Gasteiger partial charge in [-0.15, -0.1) is 0 Å². The molecule has 26 heavy (non-hydrogen) atoms. The van der Waals surface area contributed by atoms with Crippen molar-refractivity contribution in [1.82, 2.24) is 0 Å². The van der Waals surface area contributed by atoms with Gasteiger partial charge < -0.3 is 0 Å². The SMILES string of the molecule is FC(F)(F)c1ccc(C2=NCc3ccccc3-c3cc(Cl)ccc32)cc1. The van der Waals surface area contributed by atoms with Gasteiger partial charge in [0, 0.05) is 16.1 Å². The number of aliphatic imine (C=N–C) groups is 1. The van der Waals surface area contributed by atoms with Crippen LogP contribution in [0.5, 0.6) is 0 Å². The molecule has 0 amide bonds. The summed E-state index contributed by atoms with van der Waals surface area (Å²) in [5.41, 5.74) is 4.53. The van der Waals surface area contributed by atoms with Gasteiger partial charge in [0.05, 0.1) is 17.8 Å². The summed E-state index contributed by atoms with van der Waals surface area (Å²) in [5.74, 6) is 0. The number of nitrogens with zero attached hydrogens (tertiary/aromatic N) is 1. The molecule has 3 aromatic rings. The van der Waals surface area contributed by atoms with E-state index >= 15 is 0 Å². The zero-order chi connectivity index (χ0) is 18.3. The minimum atomic E-state index is -4.36. The number of alkyl halides is 3. The number of hydrogen-bond acceptors (Lipinski definition) is 1. The largest absolute Gasteiger partial charge is 0.416 e. The van der Waals surface area contributed by atoms with Gasteiger partial charge in [-0.2, -0.15) is 13.2 Å². The maximum Gasteiger partial charge on any atom is 0.416 e. The molecule has 1 aliphatic heterocycles. The van der Waals surface area contributed by atoms with Crippen molar-refractivity contribution < 1.29 is 13.2 Å². The third kappa shape index (κ3) is 3.01. The highest BCUT2D eigenvalue weighted by atomic mass is 35.5. The molecule has 0 saturated heterocycles. The van der Waals surface area contributed by atoms with E-state index < -0.39 is 11.7 Å². The van der Waals surface area contributed by atoms with E-state index in [-0.39, 0.29) is 0 Å². The lowest BCUT2D eigenvalue weighted by Gasteiger charge is -2.13. The van der Waals surface area contributed by atoms with Crippen LogP contribution in [0.4, 0.5) is 13.2 Å². The molecule has 0 bridgehead atoms. The average Bonchev–Trinajstić information content (AvgIpc) is 2.78. The van der Waals surface area contributed by atoms with Crippen molar-refractivity contribution in [2.75, 3.05) is 0 Å². The summed E-state index contributed by atoms with van der Waals surface area (Å²) in [6.45, 7) is 0.457. The summed E-state index contributed by atoms with van der Waals surface area (Å²) in [5, 5.41) is 0.604. The fourth-order valence-corrected chi connectivity index (χ4v) is 3.35. The molecule has 0 radical (unpaired) electrons. The molecule has 3 aromatic carbocycles. The predicted molar refractivity (Wildman–Crippen MR) is 97.7 cm³/mol. The lowest BCUT2D eigenvalue weighted by atomic mass is 9.92. The maximum absolute atomic E-state index is 12.8. The summed E-state index contributed by atoms with van der Waals surface area (Å²) in [4.78, 5) is 4.69. The first kappa shape index (κ1) is 16.9. The summed E-state index contributed by atoms with van der Waals surface area (Å²) in [6.07, 6.45) is -4.36. The molecule has 0 atom stereocenters. The van der Waals surface area contributed by atoms with Gasteiger partial charge in [-0.05, 0) is 41.0 Å². The molecule has 0 aromatic heterocycles. The Balaban J connectivity index is 1.87. The van der Waals surface area contributed by atoms with E-state index in [1.54, 1.807) is 6.07 Å². The monoisotopic (exact) mass is 371 g/mol. The highest BCUT2D eigenvalue weighted by molar-refractivity contribution is 6.31. The topological polar surface area (TPSA) is 12.4 Å².